The minimum atomic E-state index is -1.52. The first-order valence-electron chi connectivity index (χ1n) is 18.3. The first-order chi connectivity index (χ1) is 27.6. The van der Waals surface area contributed by atoms with Crippen LogP contribution in [0, 0.1) is 11.8 Å². The molecule has 4 aromatic rings. The van der Waals surface area contributed by atoms with Gasteiger partial charge in [0, 0.05) is 36.9 Å². The number of hydrogen-bond acceptors (Lipinski definition) is 13. The van der Waals surface area contributed by atoms with Gasteiger partial charge in [0.05, 0.1) is 36.8 Å². The molecule has 58 heavy (non-hydrogen) atoms. The number of nitrogen functional groups attached to an aromatic ring is 1. The van der Waals surface area contributed by atoms with E-state index in [0.29, 0.717) is 17.8 Å². The van der Waals surface area contributed by atoms with Crippen LogP contribution in [-0.2, 0) is 41.7 Å². The molecule has 19 nitrogen and oxygen atoms in total. The molecule has 3 unspecified atom stereocenters. The highest BCUT2D eigenvalue weighted by molar-refractivity contribution is 5.97. The Labute approximate surface area is 330 Å². The number of rotatable bonds is 23. The molecule has 0 aliphatic heterocycles. The van der Waals surface area contributed by atoms with Gasteiger partial charge in [-0.15, -0.1) is 0 Å². The van der Waals surface area contributed by atoms with Gasteiger partial charge in [-0.2, -0.15) is 4.98 Å². The van der Waals surface area contributed by atoms with Gasteiger partial charge < -0.3 is 37.0 Å². The normalized spacial score (nSPS) is 13.1. The summed E-state index contributed by atoms with van der Waals surface area (Å²) < 4.78 is 0. The van der Waals surface area contributed by atoms with Crippen LogP contribution in [0.15, 0.2) is 65.6 Å². The third-order valence-corrected chi connectivity index (χ3v) is 9.02. The summed E-state index contributed by atoms with van der Waals surface area (Å²) in [5.74, 6) is -8.53. The van der Waals surface area contributed by atoms with Crippen LogP contribution in [0.4, 0.5) is 11.6 Å². The number of Topliss-reactive ketones (excluding diaryl/α,β-unsaturated/α-hetero) is 2. The molecular formula is C39H44N8O11. The molecule has 0 radical (unpaired) electrons. The number of benzene rings is 2. The second-order valence-electron chi connectivity index (χ2n) is 13.8. The highest BCUT2D eigenvalue weighted by atomic mass is 16.4. The van der Waals surface area contributed by atoms with Crippen LogP contribution in [0.5, 0.6) is 0 Å². The molecule has 2 aromatic carbocycles. The van der Waals surface area contributed by atoms with Crippen molar-refractivity contribution < 1.29 is 48.9 Å². The van der Waals surface area contributed by atoms with Crippen molar-refractivity contribution in [1.29, 1.82) is 0 Å². The Kier molecular flexibility index (Phi) is 15.6. The number of carboxylic acid groups (broad SMARTS) is 3. The van der Waals surface area contributed by atoms with Gasteiger partial charge in [-0.1, -0.05) is 37.3 Å². The van der Waals surface area contributed by atoms with Crippen molar-refractivity contribution in [3.8, 4) is 0 Å². The van der Waals surface area contributed by atoms with Gasteiger partial charge in [0.15, 0.2) is 16.9 Å². The number of carbonyl (C=O) groups is 7. The zero-order valence-corrected chi connectivity index (χ0v) is 31.5. The van der Waals surface area contributed by atoms with Crippen molar-refractivity contribution in [2.24, 2.45) is 11.8 Å². The topological polar surface area (TPSA) is 314 Å². The lowest BCUT2D eigenvalue weighted by Crippen LogP contribution is -2.45. The summed E-state index contributed by atoms with van der Waals surface area (Å²) in [5, 5.41) is 36.4. The predicted molar refractivity (Wildman–Crippen MR) is 207 cm³/mol. The Morgan fingerprint density at radius 1 is 0.810 bits per heavy atom. The first kappa shape index (κ1) is 43.7. The number of anilines is 2. The fourth-order valence-electron chi connectivity index (χ4n) is 6.08. The predicted octanol–water partition coefficient (Wildman–Crippen LogP) is 2.11. The van der Waals surface area contributed by atoms with Crippen molar-refractivity contribution in [3.63, 3.8) is 0 Å². The van der Waals surface area contributed by atoms with E-state index in [1.165, 1.54) is 18.3 Å². The molecule has 0 spiro atoms. The second kappa shape index (κ2) is 20.7. The van der Waals surface area contributed by atoms with E-state index in [4.69, 9.17) is 5.73 Å². The highest BCUT2D eigenvalue weighted by Gasteiger charge is 2.30. The molecule has 0 fully saturated rings. The van der Waals surface area contributed by atoms with E-state index in [9.17, 15) is 53.7 Å². The fourth-order valence-corrected chi connectivity index (χ4v) is 6.08. The van der Waals surface area contributed by atoms with Crippen molar-refractivity contribution in [1.82, 2.24) is 30.6 Å². The Hall–Kier alpha value is -7.05. The Bertz CT molecular complexity index is 2200. The standard InChI is InChI=1S/C39H44N8O11/c1-21(15-22-5-3-2-4-6-22)16-30(49)28(13-14-31(50)51)44-36(55)24(18-32(52)53)17-27(48)11-12-29(38(57)58)45-35(54)23-7-9-25(10-8-23)41-19-26-20-42-34-33(43-26)37(56)47-39(40)46-34/h2-10,20-21,24,28-29,41H,11-19H2,1H3,(H,44,55)(H,45,54)(H,50,51)(H,52,53)(H,57,58)(H3,40,42,46,47,56)/t21?,24?,28?,29-/m0/s1. The van der Waals surface area contributed by atoms with Gasteiger partial charge in [-0.05, 0) is 55.0 Å². The number of nitrogens with zero attached hydrogens (tertiary/aromatic N) is 3. The number of aromatic amines is 1. The lowest BCUT2D eigenvalue weighted by Gasteiger charge is -2.22. The summed E-state index contributed by atoms with van der Waals surface area (Å²) in [6.07, 6.45) is -0.925. The average molecular weight is 801 g/mol. The maximum atomic E-state index is 13.3. The van der Waals surface area contributed by atoms with Crippen molar-refractivity contribution in [2.75, 3.05) is 11.1 Å². The molecule has 2 aromatic heterocycles. The van der Waals surface area contributed by atoms with Gasteiger partial charge in [-0.3, -0.25) is 38.5 Å². The van der Waals surface area contributed by atoms with Crippen LogP contribution in [0.25, 0.3) is 11.2 Å². The lowest BCUT2D eigenvalue weighted by molar-refractivity contribution is -0.142. The molecule has 306 valence electrons. The van der Waals surface area contributed by atoms with Crippen LogP contribution in [0.2, 0.25) is 0 Å². The maximum Gasteiger partial charge on any atom is 0.326 e. The monoisotopic (exact) mass is 800 g/mol. The van der Waals surface area contributed by atoms with Crippen molar-refractivity contribution in [2.45, 2.75) is 76.9 Å². The Balaban J connectivity index is 1.31. The smallest absolute Gasteiger partial charge is 0.326 e. The SMILES string of the molecule is CC(CC(=O)C(CCC(=O)O)NC(=O)C(CC(=O)O)CC(=O)CC[C@H](NC(=O)c1ccc(NCc2cnc3nc(N)[nH]c(=O)c3n2)cc1)C(=O)O)Cc1ccccc1. The van der Waals surface area contributed by atoms with E-state index in [2.05, 4.69) is 35.9 Å². The molecule has 0 aliphatic carbocycles. The summed E-state index contributed by atoms with van der Waals surface area (Å²) in [4.78, 5) is 114. The van der Waals surface area contributed by atoms with Crippen molar-refractivity contribution in [3.05, 3.63) is 88.0 Å². The Morgan fingerprint density at radius 3 is 2.16 bits per heavy atom. The summed E-state index contributed by atoms with van der Waals surface area (Å²) >= 11 is 0. The number of carboxylic acids is 3. The fraction of sp³-hybridized carbons (Fsp3) is 0.359. The minimum Gasteiger partial charge on any atom is -0.481 e. The van der Waals surface area contributed by atoms with Crippen molar-refractivity contribution >= 4 is 64.1 Å². The number of nitrogens with two attached hydrogens (primary N) is 1. The van der Waals surface area contributed by atoms with Gasteiger partial charge in [0.25, 0.3) is 11.5 Å². The minimum absolute atomic E-state index is 0.00617. The van der Waals surface area contributed by atoms with E-state index in [-0.39, 0.29) is 54.4 Å². The van der Waals surface area contributed by atoms with Crippen LogP contribution in [0.1, 0.15) is 73.5 Å². The van der Waals surface area contributed by atoms with Crippen LogP contribution >= 0.6 is 0 Å². The van der Waals surface area contributed by atoms with E-state index < -0.39 is 90.5 Å². The molecule has 4 atom stereocenters. The maximum absolute atomic E-state index is 13.3. The average Bonchev–Trinajstić information content (AvgIpc) is 3.17. The van der Waals surface area contributed by atoms with Gasteiger partial charge in [0.1, 0.15) is 11.8 Å². The number of amides is 2. The molecule has 0 aliphatic rings. The number of hydrogen-bond donors (Lipinski definition) is 8. The number of fused-ring (bicyclic) bond motifs is 1. The molecule has 2 heterocycles. The lowest BCUT2D eigenvalue weighted by atomic mass is 9.91. The summed E-state index contributed by atoms with van der Waals surface area (Å²) in [5.41, 5.74) is 7.13. The number of H-pyrrole nitrogens is 1. The molecule has 19 heteroatoms. The van der Waals surface area contributed by atoms with Crippen LogP contribution in [-0.4, -0.2) is 88.6 Å². The molecule has 0 saturated carbocycles. The van der Waals surface area contributed by atoms with Gasteiger partial charge >= 0.3 is 17.9 Å². The van der Waals surface area contributed by atoms with E-state index in [0.717, 1.165) is 5.56 Å². The summed E-state index contributed by atoms with van der Waals surface area (Å²) in [6.45, 7) is 1.99. The number of aromatic nitrogens is 4. The number of aliphatic carboxylic acids is 3. The van der Waals surface area contributed by atoms with Crippen LogP contribution in [0.3, 0.4) is 0 Å². The molecule has 2 amide bonds. The molecule has 4 rings (SSSR count). The summed E-state index contributed by atoms with van der Waals surface area (Å²) in [7, 11) is 0. The summed E-state index contributed by atoms with van der Waals surface area (Å²) in [6, 6.07) is 12.6. The van der Waals surface area contributed by atoms with Crippen LogP contribution < -0.4 is 27.2 Å². The highest BCUT2D eigenvalue weighted by Crippen LogP contribution is 2.18. The number of ketones is 2. The number of nitrogens with one attached hydrogen (secondary N) is 4. The van der Waals surface area contributed by atoms with Gasteiger partial charge in [-0.25, -0.2) is 14.8 Å². The second-order valence-corrected chi connectivity index (χ2v) is 13.8. The quantitative estimate of drug-likeness (QED) is 0.0533. The molecule has 0 saturated heterocycles. The molecular weight excluding hydrogens is 756 g/mol. The first-order valence-corrected chi connectivity index (χ1v) is 18.3. The zero-order chi connectivity index (χ0) is 42.4. The zero-order valence-electron chi connectivity index (χ0n) is 31.5. The molecule has 9 N–H and O–H groups in total. The van der Waals surface area contributed by atoms with E-state index in [1.807, 2.05) is 37.3 Å². The third kappa shape index (κ3) is 13.6. The Morgan fingerprint density at radius 2 is 1.50 bits per heavy atom. The van der Waals surface area contributed by atoms with Gasteiger partial charge in [0.2, 0.25) is 11.9 Å². The molecule has 0 bridgehead atoms. The van der Waals surface area contributed by atoms with E-state index in [1.54, 1.807) is 12.1 Å². The number of carbonyl (C=O) groups excluding carboxylic acids is 4. The third-order valence-electron chi connectivity index (χ3n) is 9.02. The van der Waals surface area contributed by atoms with E-state index >= 15 is 0 Å². The largest absolute Gasteiger partial charge is 0.481 e.